The molecule has 27 heavy (non-hydrogen) atoms. The molecule has 142 valence electrons. The van der Waals surface area contributed by atoms with Crippen LogP contribution in [0.15, 0.2) is 47.6 Å². The first kappa shape index (κ1) is 20.5. The molecule has 0 bridgehead atoms. The van der Waals surface area contributed by atoms with Crippen LogP contribution < -0.4 is 15.6 Å². The summed E-state index contributed by atoms with van der Waals surface area (Å²) in [4.78, 5) is 25.8. The Morgan fingerprint density at radius 3 is 2.37 bits per heavy atom. The number of hydrogen-bond donors (Lipinski definition) is 2. The van der Waals surface area contributed by atoms with Gasteiger partial charge in [0.25, 0.3) is 0 Å². The van der Waals surface area contributed by atoms with Crippen molar-refractivity contribution in [2.24, 2.45) is 5.10 Å². The molecule has 0 fully saturated rings. The van der Waals surface area contributed by atoms with E-state index in [-0.39, 0.29) is 24.7 Å². The van der Waals surface area contributed by atoms with E-state index in [2.05, 4.69) is 15.8 Å². The first-order valence-corrected chi connectivity index (χ1v) is 8.88. The lowest BCUT2D eigenvalue weighted by Crippen LogP contribution is -2.20. The van der Waals surface area contributed by atoms with Gasteiger partial charge in [-0.3, -0.25) is 9.59 Å². The maximum Gasteiger partial charge on any atom is 0.240 e. The number of nitrogens with one attached hydrogen (secondary N) is 2. The van der Waals surface area contributed by atoms with Crippen LogP contribution in [0.1, 0.15) is 24.0 Å². The molecule has 0 aliphatic rings. The molecule has 0 aliphatic carbocycles. The second kappa shape index (κ2) is 9.73. The zero-order valence-corrected chi connectivity index (χ0v) is 16.4. The fourth-order valence-corrected chi connectivity index (χ4v) is 2.53. The zero-order chi connectivity index (χ0) is 19.8. The van der Waals surface area contributed by atoms with Crippen molar-refractivity contribution >= 4 is 41.0 Å². The first-order chi connectivity index (χ1) is 12.8. The van der Waals surface area contributed by atoms with Crippen LogP contribution in [-0.2, 0) is 9.59 Å². The number of carbonyl (C=O) groups excluding carboxylic acids is 2. The number of nitrogens with zero attached hydrogens (tertiary/aromatic N) is 2. The zero-order valence-electron chi connectivity index (χ0n) is 15.6. The maximum atomic E-state index is 12.0. The third-order valence-corrected chi connectivity index (χ3v) is 4.09. The topological polar surface area (TPSA) is 73.8 Å². The molecule has 2 N–H and O–H groups in total. The molecule has 7 heteroatoms. The summed E-state index contributed by atoms with van der Waals surface area (Å²) in [5, 5.41) is 7.30. The monoisotopic (exact) mass is 386 g/mol. The van der Waals surface area contributed by atoms with Crippen LogP contribution in [0.5, 0.6) is 0 Å². The number of aryl methyl sites for hydroxylation is 1. The molecule has 0 aliphatic heterocycles. The van der Waals surface area contributed by atoms with Gasteiger partial charge in [0.2, 0.25) is 11.8 Å². The van der Waals surface area contributed by atoms with Crippen LogP contribution in [0.2, 0.25) is 5.02 Å². The van der Waals surface area contributed by atoms with Gasteiger partial charge in [0, 0.05) is 43.3 Å². The Balaban J connectivity index is 1.76. The molecule has 2 aromatic rings. The molecule has 2 amide bonds. The van der Waals surface area contributed by atoms with Crippen molar-refractivity contribution < 1.29 is 9.59 Å². The summed E-state index contributed by atoms with van der Waals surface area (Å²) >= 11 is 5.89. The van der Waals surface area contributed by atoms with E-state index in [9.17, 15) is 9.59 Å². The van der Waals surface area contributed by atoms with Gasteiger partial charge in [-0.1, -0.05) is 23.7 Å². The van der Waals surface area contributed by atoms with E-state index in [4.69, 9.17) is 11.6 Å². The van der Waals surface area contributed by atoms with E-state index < -0.39 is 0 Å². The van der Waals surface area contributed by atoms with Crippen molar-refractivity contribution in [1.82, 2.24) is 5.43 Å². The normalized spacial score (nSPS) is 10.7. The Labute approximate surface area is 164 Å². The Morgan fingerprint density at radius 1 is 1.07 bits per heavy atom. The second-order valence-electron chi connectivity index (χ2n) is 6.29. The van der Waals surface area contributed by atoms with Crippen molar-refractivity contribution in [3.8, 4) is 0 Å². The van der Waals surface area contributed by atoms with Gasteiger partial charge < -0.3 is 10.2 Å². The molecule has 2 rings (SSSR count). The second-order valence-corrected chi connectivity index (χ2v) is 6.72. The van der Waals surface area contributed by atoms with E-state index in [1.54, 1.807) is 24.4 Å². The average Bonchev–Trinajstić information content (AvgIpc) is 2.63. The summed E-state index contributed by atoms with van der Waals surface area (Å²) in [6, 6.07) is 13.0. The fraction of sp³-hybridized carbons (Fsp3) is 0.250. The molecule has 0 aromatic heterocycles. The number of hydrazone groups is 1. The predicted molar refractivity (Wildman–Crippen MR) is 111 cm³/mol. The molecule has 0 saturated heterocycles. The minimum atomic E-state index is -0.320. The number of hydrogen-bond acceptors (Lipinski definition) is 4. The molecule has 0 spiro atoms. The number of benzene rings is 2. The number of amides is 2. The summed E-state index contributed by atoms with van der Waals surface area (Å²) in [6.07, 6.45) is 1.69. The SMILES string of the molecule is Cc1cc(Cl)ccc1NC(=O)CCC(=O)N/N=C/c1ccc(N(C)C)cc1. The Bertz CT molecular complexity index is 832. The van der Waals surface area contributed by atoms with Crippen molar-refractivity contribution in [3.05, 3.63) is 58.6 Å². The number of halogens is 1. The van der Waals surface area contributed by atoms with E-state index in [0.29, 0.717) is 10.7 Å². The molecule has 0 saturated carbocycles. The minimum Gasteiger partial charge on any atom is -0.378 e. The average molecular weight is 387 g/mol. The first-order valence-electron chi connectivity index (χ1n) is 8.50. The maximum absolute atomic E-state index is 12.0. The fourth-order valence-electron chi connectivity index (χ4n) is 2.30. The van der Waals surface area contributed by atoms with Gasteiger partial charge >= 0.3 is 0 Å². The molecule has 0 unspecified atom stereocenters. The Kier molecular flexibility index (Phi) is 7.37. The number of carbonyl (C=O) groups is 2. The standard InChI is InChI=1S/C20H23ClN4O2/c1-14-12-16(21)6-9-18(14)23-19(26)10-11-20(27)24-22-13-15-4-7-17(8-5-15)25(2)3/h4-9,12-13H,10-11H2,1-3H3,(H,23,26)(H,24,27)/b22-13+. The molecular weight excluding hydrogens is 364 g/mol. The summed E-state index contributed by atoms with van der Waals surface area (Å²) in [5.41, 5.74) is 5.93. The van der Waals surface area contributed by atoms with E-state index in [1.165, 1.54) is 0 Å². The van der Waals surface area contributed by atoms with E-state index >= 15 is 0 Å². The molecule has 0 atom stereocenters. The van der Waals surface area contributed by atoms with Crippen LogP contribution in [-0.4, -0.2) is 32.1 Å². The van der Waals surface area contributed by atoms with Crippen LogP contribution >= 0.6 is 11.6 Å². The van der Waals surface area contributed by atoms with Gasteiger partial charge in [-0.15, -0.1) is 0 Å². The van der Waals surface area contributed by atoms with Gasteiger partial charge in [0.1, 0.15) is 0 Å². The highest BCUT2D eigenvalue weighted by molar-refractivity contribution is 6.30. The summed E-state index contributed by atoms with van der Waals surface area (Å²) < 4.78 is 0. The third-order valence-electron chi connectivity index (χ3n) is 3.85. The molecule has 0 heterocycles. The van der Waals surface area contributed by atoms with Crippen molar-refractivity contribution in [3.63, 3.8) is 0 Å². The number of anilines is 2. The molecule has 6 nitrogen and oxygen atoms in total. The molecule has 0 radical (unpaired) electrons. The van der Waals surface area contributed by atoms with Crippen LogP contribution in [0, 0.1) is 6.92 Å². The Morgan fingerprint density at radius 2 is 1.74 bits per heavy atom. The molecular formula is C20H23ClN4O2. The smallest absolute Gasteiger partial charge is 0.240 e. The number of rotatable bonds is 7. The van der Waals surface area contributed by atoms with Gasteiger partial charge in [-0.2, -0.15) is 5.10 Å². The summed E-state index contributed by atoms with van der Waals surface area (Å²) in [6.45, 7) is 1.86. The lowest BCUT2D eigenvalue weighted by molar-refractivity contribution is -0.124. The summed E-state index contributed by atoms with van der Waals surface area (Å²) in [7, 11) is 3.93. The van der Waals surface area contributed by atoms with Gasteiger partial charge in [0.05, 0.1) is 6.21 Å². The highest BCUT2D eigenvalue weighted by Crippen LogP contribution is 2.19. The van der Waals surface area contributed by atoms with Crippen molar-refractivity contribution in [2.75, 3.05) is 24.3 Å². The minimum absolute atomic E-state index is 0.0510. The highest BCUT2D eigenvalue weighted by atomic mass is 35.5. The van der Waals surface area contributed by atoms with E-state index in [1.807, 2.05) is 50.2 Å². The largest absolute Gasteiger partial charge is 0.378 e. The Hall–Kier alpha value is -2.86. The van der Waals surface area contributed by atoms with E-state index in [0.717, 1.165) is 16.8 Å². The quantitative estimate of drug-likeness (QED) is 0.564. The lowest BCUT2D eigenvalue weighted by atomic mass is 10.2. The predicted octanol–water partition coefficient (Wildman–Crippen LogP) is 3.58. The van der Waals surface area contributed by atoms with Crippen LogP contribution in [0.25, 0.3) is 0 Å². The highest BCUT2D eigenvalue weighted by Gasteiger charge is 2.08. The van der Waals surface area contributed by atoms with Gasteiger partial charge in [-0.25, -0.2) is 5.43 Å². The molecule has 2 aromatic carbocycles. The van der Waals surface area contributed by atoms with Crippen LogP contribution in [0.3, 0.4) is 0 Å². The van der Waals surface area contributed by atoms with Gasteiger partial charge in [-0.05, 0) is 48.4 Å². The third kappa shape index (κ3) is 6.75. The lowest BCUT2D eigenvalue weighted by Gasteiger charge is -2.11. The van der Waals surface area contributed by atoms with Crippen molar-refractivity contribution in [1.29, 1.82) is 0 Å². The van der Waals surface area contributed by atoms with Crippen LogP contribution in [0.4, 0.5) is 11.4 Å². The van der Waals surface area contributed by atoms with Gasteiger partial charge in [0.15, 0.2) is 0 Å². The van der Waals surface area contributed by atoms with Crippen molar-refractivity contribution in [2.45, 2.75) is 19.8 Å². The summed E-state index contributed by atoms with van der Waals surface area (Å²) in [5.74, 6) is -0.557.